The Balaban J connectivity index is 1.29. The van der Waals surface area contributed by atoms with Gasteiger partial charge in [0.1, 0.15) is 11.3 Å². The normalized spacial score (nSPS) is 20.4. The van der Waals surface area contributed by atoms with Gasteiger partial charge in [-0.1, -0.05) is 44.9 Å². The Labute approximate surface area is 248 Å². The minimum Gasteiger partial charge on any atom is -0.467 e. The molecule has 6 rings (SSSR count). The third kappa shape index (κ3) is 4.89. The number of rotatable bonds is 9. The van der Waals surface area contributed by atoms with E-state index in [1.54, 1.807) is 6.26 Å². The van der Waals surface area contributed by atoms with Crippen LogP contribution in [0.1, 0.15) is 68.9 Å². The molecule has 0 unspecified atom stereocenters. The van der Waals surface area contributed by atoms with Gasteiger partial charge in [-0.15, -0.1) is 0 Å². The molecule has 2 atom stereocenters. The Kier molecular flexibility index (Phi) is 7.16. The molecule has 2 aromatic heterocycles. The van der Waals surface area contributed by atoms with Crippen LogP contribution in [0.2, 0.25) is 0 Å². The van der Waals surface area contributed by atoms with Crippen molar-refractivity contribution in [1.29, 1.82) is 0 Å². The SMILES string of the molecule is Cc1[nH]c2ccccc2c1[C@@H]1[C@H](CC(=O)N(Cc2ccco2)C2(C(=O)Nc3ccc(N(C)C)cc3)CCCC2)C1(C)C. The molecule has 2 heterocycles. The van der Waals surface area contributed by atoms with E-state index in [9.17, 15) is 9.59 Å². The van der Waals surface area contributed by atoms with Crippen molar-refractivity contribution in [2.75, 3.05) is 24.3 Å². The number of fused-ring (bicyclic) bond motifs is 1. The molecule has 4 aromatic rings. The van der Waals surface area contributed by atoms with Crippen LogP contribution in [-0.4, -0.2) is 41.3 Å². The summed E-state index contributed by atoms with van der Waals surface area (Å²) in [5.74, 6) is 1.05. The number of anilines is 2. The number of carbonyl (C=O) groups excluding carboxylic acids is 2. The third-order valence-corrected chi connectivity index (χ3v) is 9.91. The molecule has 7 heteroatoms. The molecule has 42 heavy (non-hydrogen) atoms. The molecule has 2 aromatic carbocycles. The van der Waals surface area contributed by atoms with Crippen LogP contribution in [0.4, 0.5) is 11.4 Å². The number of H-pyrrole nitrogens is 1. The number of carbonyl (C=O) groups is 2. The van der Waals surface area contributed by atoms with Gasteiger partial charge in [0, 0.05) is 48.5 Å². The molecular formula is C35H42N4O3. The molecule has 7 nitrogen and oxygen atoms in total. The van der Waals surface area contributed by atoms with Crippen LogP contribution >= 0.6 is 0 Å². The summed E-state index contributed by atoms with van der Waals surface area (Å²) < 4.78 is 5.72. The average Bonchev–Trinajstić information content (AvgIpc) is 3.54. The number of aromatic amines is 1. The van der Waals surface area contributed by atoms with Gasteiger partial charge in [0.25, 0.3) is 0 Å². The zero-order valence-electron chi connectivity index (χ0n) is 25.4. The molecule has 0 saturated heterocycles. The quantitative estimate of drug-likeness (QED) is 0.224. The maximum atomic E-state index is 14.4. The van der Waals surface area contributed by atoms with E-state index in [0.29, 0.717) is 25.0 Å². The summed E-state index contributed by atoms with van der Waals surface area (Å²) in [6.45, 7) is 6.95. The van der Waals surface area contributed by atoms with Gasteiger partial charge in [-0.3, -0.25) is 9.59 Å². The maximum absolute atomic E-state index is 14.4. The predicted octanol–water partition coefficient (Wildman–Crippen LogP) is 7.25. The van der Waals surface area contributed by atoms with E-state index >= 15 is 0 Å². The summed E-state index contributed by atoms with van der Waals surface area (Å²) in [5.41, 5.74) is 4.48. The Morgan fingerprint density at radius 1 is 1.00 bits per heavy atom. The largest absolute Gasteiger partial charge is 0.467 e. The predicted molar refractivity (Wildman–Crippen MR) is 168 cm³/mol. The summed E-state index contributed by atoms with van der Waals surface area (Å²) in [6, 6.07) is 20.0. The summed E-state index contributed by atoms with van der Waals surface area (Å²) in [4.78, 5) is 36.0. The lowest BCUT2D eigenvalue weighted by Gasteiger charge is -2.40. The van der Waals surface area contributed by atoms with Crippen molar-refractivity contribution in [2.45, 2.75) is 70.9 Å². The number of benzene rings is 2. The number of hydrogen-bond donors (Lipinski definition) is 2. The summed E-state index contributed by atoms with van der Waals surface area (Å²) >= 11 is 0. The molecule has 2 N–H and O–H groups in total. The highest BCUT2D eigenvalue weighted by molar-refractivity contribution is 6.01. The smallest absolute Gasteiger partial charge is 0.250 e. The van der Waals surface area contributed by atoms with E-state index < -0.39 is 5.54 Å². The topological polar surface area (TPSA) is 81.6 Å². The molecular weight excluding hydrogens is 524 g/mol. The fourth-order valence-electron chi connectivity index (χ4n) is 7.40. The van der Waals surface area contributed by atoms with Crippen molar-refractivity contribution >= 4 is 34.1 Å². The number of aryl methyl sites for hydroxylation is 1. The van der Waals surface area contributed by atoms with Gasteiger partial charge in [0.2, 0.25) is 11.8 Å². The van der Waals surface area contributed by atoms with Crippen LogP contribution in [0.25, 0.3) is 10.9 Å². The van der Waals surface area contributed by atoms with Gasteiger partial charge in [0.15, 0.2) is 0 Å². The maximum Gasteiger partial charge on any atom is 0.250 e. The lowest BCUT2D eigenvalue weighted by Crippen LogP contribution is -2.57. The fourth-order valence-corrected chi connectivity index (χ4v) is 7.40. The third-order valence-electron chi connectivity index (χ3n) is 9.91. The van der Waals surface area contributed by atoms with E-state index in [1.165, 1.54) is 16.6 Å². The molecule has 0 bridgehead atoms. The highest BCUT2D eigenvalue weighted by Gasteiger charge is 2.60. The lowest BCUT2D eigenvalue weighted by atomic mass is 9.92. The number of amides is 2. The van der Waals surface area contributed by atoms with Gasteiger partial charge < -0.3 is 24.5 Å². The average molecular weight is 567 g/mol. The Morgan fingerprint density at radius 2 is 1.71 bits per heavy atom. The summed E-state index contributed by atoms with van der Waals surface area (Å²) in [5, 5.41) is 4.40. The van der Waals surface area contributed by atoms with Crippen LogP contribution in [-0.2, 0) is 16.1 Å². The van der Waals surface area contributed by atoms with Crippen molar-refractivity contribution in [3.63, 3.8) is 0 Å². The Bertz CT molecular complexity index is 1580. The van der Waals surface area contributed by atoms with Crippen LogP contribution in [0.3, 0.4) is 0 Å². The Morgan fingerprint density at radius 3 is 2.38 bits per heavy atom. The Hall–Kier alpha value is -4.00. The van der Waals surface area contributed by atoms with Crippen LogP contribution < -0.4 is 10.2 Å². The minimum atomic E-state index is -0.921. The first-order valence-electron chi connectivity index (χ1n) is 15.1. The molecule has 0 radical (unpaired) electrons. The zero-order valence-corrected chi connectivity index (χ0v) is 25.4. The number of nitrogens with one attached hydrogen (secondary N) is 2. The number of aromatic nitrogens is 1. The van der Waals surface area contributed by atoms with Gasteiger partial charge in [-0.2, -0.15) is 0 Å². The van der Waals surface area contributed by atoms with Crippen molar-refractivity contribution in [3.05, 3.63) is 83.9 Å². The highest BCUT2D eigenvalue weighted by Crippen LogP contribution is 2.67. The standard InChI is InChI=1S/C35H42N4O3/c1-23-31(27-12-6-7-13-29(27)36-23)32-28(34(32,2)3)21-30(40)39(22-26-11-10-20-42-26)35(18-8-9-19-35)33(41)37-24-14-16-25(17-15-24)38(4)5/h6-7,10-17,20,28,32,36H,8-9,18-19,21-22H2,1-5H3,(H,37,41)/t28-,32-/m0/s1. The second-order valence-corrected chi connectivity index (χ2v) is 13.0. The highest BCUT2D eigenvalue weighted by atomic mass is 16.3. The molecule has 2 saturated carbocycles. The lowest BCUT2D eigenvalue weighted by molar-refractivity contribution is -0.147. The monoisotopic (exact) mass is 566 g/mol. The molecule has 2 amide bonds. The second kappa shape index (κ2) is 10.7. The first-order chi connectivity index (χ1) is 20.1. The first kappa shape index (κ1) is 28.1. The number of nitrogens with zero attached hydrogens (tertiary/aromatic N) is 2. The van der Waals surface area contributed by atoms with E-state index in [2.05, 4.69) is 55.3 Å². The summed E-state index contributed by atoms with van der Waals surface area (Å²) in [6.07, 6.45) is 5.11. The van der Waals surface area contributed by atoms with Gasteiger partial charge in [0.05, 0.1) is 12.8 Å². The molecule has 0 aliphatic heterocycles. The van der Waals surface area contributed by atoms with Crippen LogP contribution in [0, 0.1) is 18.3 Å². The van der Waals surface area contributed by atoms with E-state index in [0.717, 1.165) is 29.7 Å². The second-order valence-electron chi connectivity index (χ2n) is 13.0. The zero-order chi connectivity index (χ0) is 29.6. The van der Waals surface area contributed by atoms with E-state index in [1.807, 2.05) is 60.3 Å². The van der Waals surface area contributed by atoms with Crippen molar-refractivity contribution < 1.29 is 14.0 Å². The molecule has 0 spiro atoms. The fraction of sp³-hybridized carbons (Fsp3) is 0.429. The van der Waals surface area contributed by atoms with Gasteiger partial charge >= 0.3 is 0 Å². The molecule has 2 aliphatic carbocycles. The van der Waals surface area contributed by atoms with E-state index in [4.69, 9.17) is 4.42 Å². The van der Waals surface area contributed by atoms with Gasteiger partial charge in [-0.25, -0.2) is 0 Å². The first-order valence-corrected chi connectivity index (χ1v) is 15.1. The van der Waals surface area contributed by atoms with Crippen LogP contribution in [0.5, 0.6) is 0 Å². The van der Waals surface area contributed by atoms with Crippen molar-refractivity contribution in [1.82, 2.24) is 9.88 Å². The summed E-state index contributed by atoms with van der Waals surface area (Å²) in [7, 11) is 3.98. The number of para-hydroxylation sites is 1. The minimum absolute atomic E-state index is 0.0180. The molecule has 2 fully saturated rings. The number of furan rings is 1. The number of hydrogen-bond acceptors (Lipinski definition) is 4. The van der Waals surface area contributed by atoms with Crippen molar-refractivity contribution in [3.8, 4) is 0 Å². The molecule has 2 aliphatic rings. The van der Waals surface area contributed by atoms with Gasteiger partial charge in [-0.05, 0) is 85.0 Å². The molecule has 220 valence electrons. The van der Waals surface area contributed by atoms with Crippen LogP contribution in [0.15, 0.2) is 71.3 Å². The van der Waals surface area contributed by atoms with Crippen molar-refractivity contribution in [2.24, 2.45) is 11.3 Å². The van der Waals surface area contributed by atoms with E-state index in [-0.39, 0.29) is 35.6 Å².